The molecule has 0 bridgehead atoms. The number of sulfone groups is 1. The molecule has 0 fully saturated rings. The molecular formula is C15H13BrO3S. The van der Waals surface area contributed by atoms with Gasteiger partial charge in [0.15, 0.2) is 15.6 Å². The molecule has 0 aliphatic heterocycles. The van der Waals surface area contributed by atoms with Crippen LogP contribution in [0.2, 0.25) is 0 Å². The summed E-state index contributed by atoms with van der Waals surface area (Å²) in [6.07, 6.45) is 0. The highest BCUT2D eigenvalue weighted by molar-refractivity contribution is 9.10. The minimum Gasteiger partial charge on any atom is -0.293 e. The first-order chi connectivity index (χ1) is 9.42. The lowest BCUT2D eigenvalue weighted by molar-refractivity contribution is 0.102. The number of Topliss-reactive ketones (excluding diaryl/α,β-unsaturated/α-hetero) is 1. The van der Waals surface area contributed by atoms with Gasteiger partial charge in [0.05, 0.1) is 4.90 Å². The van der Waals surface area contributed by atoms with E-state index < -0.39 is 21.4 Å². The third kappa shape index (κ3) is 3.16. The van der Waals surface area contributed by atoms with Gasteiger partial charge in [0, 0.05) is 10.0 Å². The Kier molecular flexibility index (Phi) is 4.40. The first-order valence-electron chi connectivity index (χ1n) is 5.98. The Bertz CT molecular complexity index is 751. The van der Waals surface area contributed by atoms with Crippen molar-refractivity contribution in [2.75, 3.05) is 5.75 Å². The molecule has 0 radical (unpaired) electrons. The molecule has 2 rings (SSSR count). The Morgan fingerprint density at radius 1 is 1.05 bits per heavy atom. The summed E-state index contributed by atoms with van der Waals surface area (Å²) in [4.78, 5) is 12.4. The van der Waals surface area contributed by atoms with Gasteiger partial charge in [0.25, 0.3) is 0 Å². The molecule has 0 aliphatic carbocycles. The summed E-state index contributed by atoms with van der Waals surface area (Å²) < 4.78 is 25.2. The van der Waals surface area contributed by atoms with E-state index in [0.29, 0.717) is 15.6 Å². The second-order valence-corrected chi connectivity index (χ2v) is 7.24. The van der Waals surface area contributed by atoms with Crippen LogP contribution in [0.3, 0.4) is 0 Å². The third-order valence-corrected chi connectivity index (χ3v) is 5.39. The molecule has 0 N–H and O–H groups in total. The zero-order chi connectivity index (χ0) is 14.8. The normalized spacial score (nSPS) is 11.3. The highest BCUT2D eigenvalue weighted by Crippen LogP contribution is 2.20. The number of aryl methyl sites for hydroxylation is 1. The van der Waals surface area contributed by atoms with Crippen LogP contribution in [0.25, 0.3) is 0 Å². The van der Waals surface area contributed by atoms with Crippen LogP contribution in [0.4, 0.5) is 0 Å². The molecular weight excluding hydrogens is 340 g/mol. The molecule has 0 aromatic heterocycles. The summed E-state index contributed by atoms with van der Waals surface area (Å²) in [5, 5.41) is 0. The number of ketones is 1. The molecule has 2 aromatic rings. The first-order valence-corrected chi connectivity index (χ1v) is 8.42. The Balaban J connectivity index is 2.33. The van der Waals surface area contributed by atoms with Gasteiger partial charge in [-0.15, -0.1) is 0 Å². The van der Waals surface area contributed by atoms with Crippen LogP contribution < -0.4 is 0 Å². The standard InChI is InChI=1S/C15H13BrO3S/c1-11-6-2-5-9-15(11)20(18,19)10-14(17)12-7-3-4-8-13(12)16/h2-9H,10H2,1H3. The molecule has 0 amide bonds. The van der Waals surface area contributed by atoms with Crippen LogP contribution in [0, 0.1) is 6.92 Å². The summed E-state index contributed by atoms with van der Waals surface area (Å²) in [7, 11) is -3.63. The van der Waals surface area contributed by atoms with E-state index in [1.807, 2.05) is 0 Å². The van der Waals surface area contributed by atoms with Gasteiger partial charge in [-0.05, 0) is 24.6 Å². The lowest BCUT2D eigenvalue weighted by Gasteiger charge is -2.07. The summed E-state index contributed by atoms with van der Waals surface area (Å²) in [5.74, 6) is -0.943. The van der Waals surface area contributed by atoms with Crippen LogP contribution in [0.5, 0.6) is 0 Å². The van der Waals surface area contributed by atoms with Crippen LogP contribution in [-0.2, 0) is 9.84 Å². The quantitative estimate of drug-likeness (QED) is 0.792. The number of carbonyl (C=O) groups excluding carboxylic acids is 1. The molecule has 2 aromatic carbocycles. The van der Waals surface area contributed by atoms with Crippen molar-refractivity contribution in [3.05, 3.63) is 64.1 Å². The van der Waals surface area contributed by atoms with Crippen molar-refractivity contribution >= 4 is 31.6 Å². The maximum Gasteiger partial charge on any atom is 0.186 e. The second kappa shape index (κ2) is 5.89. The SMILES string of the molecule is Cc1ccccc1S(=O)(=O)CC(=O)c1ccccc1Br. The van der Waals surface area contributed by atoms with E-state index in [1.165, 1.54) is 6.07 Å². The van der Waals surface area contributed by atoms with Crippen molar-refractivity contribution in [3.63, 3.8) is 0 Å². The van der Waals surface area contributed by atoms with Crippen molar-refractivity contribution in [1.82, 2.24) is 0 Å². The van der Waals surface area contributed by atoms with Crippen LogP contribution >= 0.6 is 15.9 Å². The van der Waals surface area contributed by atoms with Gasteiger partial charge in [-0.2, -0.15) is 0 Å². The Labute approximate surface area is 126 Å². The maximum atomic E-state index is 12.3. The van der Waals surface area contributed by atoms with E-state index in [4.69, 9.17) is 0 Å². The Hall–Kier alpha value is -1.46. The average molecular weight is 353 g/mol. The molecule has 5 heteroatoms. The number of hydrogen-bond acceptors (Lipinski definition) is 3. The topological polar surface area (TPSA) is 51.2 Å². The summed E-state index contributed by atoms with van der Waals surface area (Å²) in [6.45, 7) is 1.72. The summed E-state index contributed by atoms with van der Waals surface area (Å²) in [6, 6.07) is 13.5. The number of hydrogen-bond donors (Lipinski definition) is 0. The van der Waals surface area contributed by atoms with Crippen molar-refractivity contribution in [3.8, 4) is 0 Å². The molecule has 3 nitrogen and oxygen atoms in total. The van der Waals surface area contributed by atoms with Crippen molar-refractivity contribution in [1.29, 1.82) is 0 Å². The van der Waals surface area contributed by atoms with Gasteiger partial charge < -0.3 is 0 Å². The highest BCUT2D eigenvalue weighted by atomic mass is 79.9. The smallest absolute Gasteiger partial charge is 0.186 e. The third-order valence-electron chi connectivity index (χ3n) is 2.92. The number of halogens is 1. The van der Waals surface area contributed by atoms with E-state index in [0.717, 1.165) is 0 Å². The average Bonchev–Trinajstić information content (AvgIpc) is 2.38. The van der Waals surface area contributed by atoms with Gasteiger partial charge in [0.1, 0.15) is 5.75 Å². The van der Waals surface area contributed by atoms with Crippen LogP contribution in [-0.4, -0.2) is 20.0 Å². The van der Waals surface area contributed by atoms with Gasteiger partial charge in [-0.25, -0.2) is 8.42 Å². The zero-order valence-corrected chi connectivity index (χ0v) is 13.2. The first kappa shape index (κ1) is 14.9. The zero-order valence-electron chi connectivity index (χ0n) is 10.8. The van der Waals surface area contributed by atoms with Gasteiger partial charge >= 0.3 is 0 Å². The van der Waals surface area contributed by atoms with E-state index in [9.17, 15) is 13.2 Å². The Morgan fingerprint density at radius 2 is 1.65 bits per heavy atom. The summed E-state index contributed by atoms with van der Waals surface area (Å²) >= 11 is 3.26. The highest BCUT2D eigenvalue weighted by Gasteiger charge is 2.22. The maximum absolute atomic E-state index is 12.3. The molecule has 0 saturated heterocycles. The molecule has 0 heterocycles. The fourth-order valence-corrected chi connectivity index (χ4v) is 3.93. The number of rotatable bonds is 4. The van der Waals surface area contributed by atoms with E-state index in [1.54, 1.807) is 49.4 Å². The van der Waals surface area contributed by atoms with E-state index in [2.05, 4.69) is 15.9 Å². The molecule has 0 aliphatic rings. The van der Waals surface area contributed by atoms with Gasteiger partial charge in [0.2, 0.25) is 0 Å². The largest absolute Gasteiger partial charge is 0.293 e. The van der Waals surface area contributed by atoms with Crippen molar-refractivity contribution < 1.29 is 13.2 Å². The van der Waals surface area contributed by atoms with E-state index in [-0.39, 0.29) is 4.90 Å². The van der Waals surface area contributed by atoms with Crippen molar-refractivity contribution in [2.24, 2.45) is 0 Å². The van der Waals surface area contributed by atoms with Crippen LogP contribution in [0.1, 0.15) is 15.9 Å². The van der Waals surface area contributed by atoms with Crippen molar-refractivity contribution in [2.45, 2.75) is 11.8 Å². The van der Waals surface area contributed by atoms with Gasteiger partial charge in [-0.1, -0.05) is 52.3 Å². The fourth-order valence-electron chi connectivity index (χ4n) is 1.92. The molecule has 0 spiro atoms. The monoisotopic (exact) mass is 352 g/mol. The lowest BCUT2D eigenvalue weighted by atomic mass is 10.1. The lowest BCUT2D eigenvalue weighted by Crippen LogP contribution is -2.17. The predicted molar refractivity (Wildman–Crippen MR) is 81.7 cm³/mol. The minimum absolute atomic E-state index is 0.209. The molecule has 0 atom stereocenters. The molecule has 0 saturated carbocycles. The fraction of sp³-hybridized carbons (Fsp3) is 0.133. The molecule has 0 unspecified atom stereocenters. The number of benzene rings is 2. The van der Waals surface area contributed by atoms with Crippen LogP contribution in [0.15, 0.2) is 57.9 Å². The molecule has 20 heavy (non-hydrogen) atoms. The van der Waals surface area contributed by atoms with Gasteiger partial charge in [-0.3, -0.25) is 4.79 Å². The second-order valence-electron chi connectivity index (χ2n) is 4.43. The summed E-state index contributed by atoms with van der Waals surface area (Å²) in [5.41, 5.74) is 1.03. The Morgan fingerprint density at radius 3 is 2.30 bits per heavy atom. The number of carbonyl (C=O) groups is 1. The molecule has 104 valence electrons. The van der Waals surface area contributed by atoms with E-state index >= 15 is 0 Å². The minimum atomic E-state index is -3.63. The predicted octanol–water partition coefficient (Wildman–Crippen LogP) is 3.41.